The van der Waals surface area contributed by atoms with Crippen molar-refractivity contribution in [1.29, 1.82) is 0 Å². The Hall–Kier alpha value is -0.950. The molecule has 0 bridgehead atoms. The van der Waals surface area contributed by atoms with Crippen LogP contribution in [0, 0.1) is 5.92 Å². The molecule has 1 saturated heterocycles. The highest BCUT2D eigenvalue weighted by atomic mass is 16.7. The first kappa shape index (κ1) is 14.1. The molecule has 1 rings (SSSR count). The quantitative estimate of drug-likeness (QED) is 0.445. The zero-order valence-electron chi connectivity index (χ0n) is 9.87. The van der Waals surface area contributed by atoms with Gasteiger partial charge in [0.25, 0.3) is 0 Å². The fourth-order valence-corrected chi connectivity index (χ4v) is 1.67. The topological polar surface area (TPSA) is 96.2 Å². The van der Waals surface area contributed by atoms with Gasteiger partial charge in [-0.2, -0.15) is 0 Å². The summed E-state index contributed by atoms with van der Waals surface area (Å²) in [5.41, 5.74) is 0.197. The SMILES string of the molecule is C=C(C)C(=O)O[C@H]1C(C)[C@H](O)C(CO)O[C@@H]1O. The molecule has 6 nitrogen and oxygen atoms in total. The molecule has 0 amide bonds. The van der Waals surface area contributed by atoms with E-state index in [9.17, 15) is 15.0 Å². The molecule has 2 unspecified atom stereocenters. The highest BCUT2D eigenvalue weighted by molar-refractivity contribution is 5.87. The van der Waals surface area contributed by atoms with Gasteiger partial charge in [0.1, 0.15) is 6.10 Å². The van der Waals surface area contributed by atoms with Crippen molar-refractivity contribution < 1.29 is 29.6 Å². The number of esters is 1. The third-order valence-electron chi connectivity index (χ3n) is 2.80. The monoisotopic (exact) mass is 246 g/mol. The van der Waals surface area contributed by atoms with Crippen LogP contribution in [-0.4, -0.2) is 52.5 Å². The van der Waals surface area contributed by atoms with Crippen molar-refractivity contribution in [3.63, 3.8) is 0 Å². The number of rotatable bonds is 3. The normalized spacial score (nSPS) is 37.6. The zero-order valence-corrected chi connectivity index (χ0v) is 9.87. The summed E-state index contributed by atoms with van der Waals surface area (Å²) in [5, 5.41) is 28.3. The van der Waals surface area contributed by atoms with Crippen molar-refractivity contribution in [2.45, 2.75) is 38.4 Å². The van der Waals surface area contributed by atoms with Gasteiger partial charge >= 0.3 is 5.97 Å². The van der Waals surface area contributed by atoms with Crippen LogP contribution in [0.1, 0.15) is 13.8 Å². The number of ether oxygens (including phenoxy) is 2. The highest BCUT2D eigenvalue weighted by Gasteiger charge is 2.44. The van der Waals surface area contributed by atoms with Crippen LogP contribution in [0.5, 0.6) is 0 Å². The lowest BCUT2D eigenvalue weighted by atomic mass is 9.91. The van der Waals surface area contributed by atoms with Gasteiger partial charge in [-0.25, -0.2) is 4.79 Å². The van der Waals surface area contributed by atoms with Crippen molar-refractivity contribution in [3.05, 3.63) is 12.2 Å². The number of carbonyl (C=O) groups excluding carboxylic acids is 1. The van der Waals surface area contributed by atoms with E-state index in [1.165, 1.54) is 6.92 Å². The molecule has 0 spiro atoms. The van der Waals surface area contributed by atoms with E-state index in [1.54, 1.807) is 6.92 Å². The Balaban J connectivity index is 2.73. The first-order valence-corrected chi connectivity index (χ1v) is 5.37. The second-order valence-electron chi connectivity index (χ2n) is 4.25. The lowest BCUT2D eigenvalue weighted by molar-refractivity contribution is -0.275. The lowest BCUT2D eigenvalue weighted by Crippen LogP contribution is -2.55. The Bertz CT molecular complexity index is 302. The van der Waals surface area contributed by atoms with Gasteiger partial charge in [0.15, 0.2) is 12.4 Å². The van der Waals surface area contributed by atoms with Crippen LogP contribution in [0.4, 0.5) is 0 Å². The smallest absolute Gasteiger partial charge is 0.333 e. The number of aliphatic hydroxyl groups is 3. The van der Waals surface area contributed by atoms with Crippen LogP contribution < -0.4 is 0 Å². The largest absolute Gasteiger partial charge is 0.453 e. The van der Waals surface area contributed by atoms with Crippen molar-refractivity contribution in [3.8, 4) is 0 Å². The minimum absolute atomic E-state index is 0.197. The van der Waals surface area contributed by atoms with Crippen LogP contribution in [-0.2, 0) is 14.3 Å². The molecule has 17 heavy (non-hydrogen) atoms. The Morgan fingerprint density at radius 3 is 2.53 bits per heavy atom. The third kappa shape index (κ3) is 3.04. The maximum absolute atomic E-state index is 11.3. The Kier molecular flexibility index (Phi) is 4.64. The molecule has 1 fully saturated rings. The van der Waals surface area contributed by atoms with Crippen LogP contribution in [0.3, 0.4) is 0 Å². The first-order chi connectivity index (χ1) is 7.88. The number of carbonyl (C=O) groups is 1. The number of hydrogen-bond acceptors (Lipinski definition) is 6. The average Bonchev–Trinajstić information content (AvgIpc) is 2.28. The standard InChI is InChI=1S/C11H18O6/c1-5(2)10(14)17-9-6(3)8(13)7(4-12)16-11(9)15/h6-9,11-13,15H,1,4H2,2-3H3/t6?,7?,8-,9-,11-/m0/s1. The van der Waals surface area contributed by atoms with E-state index in [-0.39, 0.29) is 5.57 Å². The first-order valence-electron chi connectivity index (χ1n) is 5.37. The van der Waals surface area contributed by atoms with Crippen molar-refractivity contribution >= 4 is 5.97 Å². The maximum Gasteiger partial charge on any atom is 0.333 e. The van der Waals surface area contributed by atoms with E-state index >= 15 is 0 Å². The molecule has 98 valence electrons. The van der Waals surface area contributed by atoms with Crippen LogP contribution in [0.15, 0.2) is 12.2 Å². The van der Waals surface area contributed by atoms with Gasteiger partial charge < -0.3 is 24.8 Å². The molecule has 1 heterocycles. The highest BCUT2D eigenvalue weighted by Crippen LogP contribution is 2.27. The van der Waals surface area contributed by atoms with Gasteiger partial charge in [-0.05, 0) is 6.92 Å². The molecule has 0 aromatic carbocycles. The van der Waals surface area contributed by atoms with Crippen molar-refractivity contribution in [2.75, 3.05) is 6.61 Å². The molecule has 1 aliphatic rings. The molecule has 1 aliphatic heterocycles. The summed E-state index contributed by atoms with van der Waals surface area (Å²) in [6.07, 6.45) is -4.23. The molecule has 0 radical (unpaired) electrons. The predicted molar refractivity (Wildman–Crippen MR) is 57.8 cm³/mol. The van der Waals surface area contributed by atoms with Gasteiger partial charge in [-0.15, -0.1) is 0 Å². The molecule has 0 aromatic heterocycles. The van der Waals surface area contributed by atoms with E-state index in [1.807, 2.05) is 0 Å². The summed E-state index contributed by atoms with van der Waals surface area (Å²) < 4.78 is 9.95. The van der Waals surface area contributed by atoms with Gasteiger partial charge in [0, 0.05) is 11.5 Å². The molecule has 3 N–H and O–H groups in total. The second-order valence-corrected chi connectivity index (χ2v) is 4.25. The van der Waals surface area contributed by atoms with Crippen LogP contribution >= 0.6 is 0 Å². The fourth-order valence-electron chi connectivity index (χ4n) is 1.67. The van der Waals surface area contributed by atoms with Gasteiger partial charge in [0.05, 0.1) is 12.7 Å². The second kappa shape index (κ2) is 5.59. The summed E-state index contributed by atoms with van der Waals surface area (Å²) >= 11 is 0. The Labute approximate surface area is 99.5 Å². The third-order valence-corrected chi connectivity index (χ3v) is 2.80. The molecule has 0 saturated carbocycles. The summed E-state index contributed by atoms with van der Waals surface area (Å²) in [7, 11) is 0. The van der Waals surface area contributed by atoms with Crippen LogP contribution in [0.25, 0.3) is 0 Å². The Morgan fingerprint density at radius 2 is 2.06 bits per heavy atom. The lowest BCUT2D eigenvalue weighted by Gasteiger charge is -2.40. The molecule has 0 aliphatic carbocycles. The molecular formula is C11H18O6. The average molecular weight is 246 g/mol. The van der Waals surface area contributed by atoms with Gasteiger partial charge in [-0.1, -0.05) is 13.5 Å². The number of hydrogen-bond donors (Lipinski definition) is 3. The van der Waals surface area contributed by atoms with E-state index in [0.29, 0.717) is 0 Å². The maximum atomic E-state index is 11.3. The molecular weight excluding hydrogens is 228 g/mol. The van der Waals surface area contributed by atoms with E-state index in [4.69, 9.17) is 14.6 Å². The predicted octanol–water partition coefficient (Wildman–Crippen LogP) is -0.819. The van der Waals surface area contributed by atoms with E-state index in [0.717, 1.165) is 0 Å². The van der Waals surface area contributed by atoms with Gasteiger partial charge in [0.2, 0.25) is 0 Å². The van der Waals surface area contributed by atoms with Gasteiger partial charge in [-0.3, -0.25) is 0 Å². The van der Waals surface area contributed by atoms with Crippen molar-refractivity contribution in [2.24, 2.45) is 5.92 Å². The van der Waals surface area contributed by atoms with Crippen LogP contribution in [0.2, 0.25) is 0 Å². The fraction of sp³-hybridized carbons (Fsp3) is 0.727. The zero-order chi connectivity index (χ0) is 13.2. The summed E-state index contributed by atoms with van der Waals surface area (Å²) in [6.45, 7) is 6.10. The summed E-state index contributed by atoms with van der Waals surface area (Å²) in [4.78, 5) is 11.3. The molecule has 6 heteroatoms. The summed E-state index contributed by atoms with van der Waals surface area (Å²) in [6, 6.07) is 0. The Morgan fingerprint density at radius 1 is 1.47 bits per heavy atom. The minimum Gasteiger partial charge on any atom is -0.453 e. The number of aliphatic hydroxyl groups excluding tert-OH is 3. The minimum atomic E-state index is -1.37. The summed E-state index contributed by atoms with van der Waals surface area (Å²) in [5.74, 6) is -1.20. The van der Waals surface area contributed by atoms with E-state index < -0.39 is 43.1 Å². The van der Waals surface area contributed by atoms with E-state index in [2.05, 4.69) is 6.58 Å². The van der Waals surface area contributed by atoms with Crippen molar-refractivity contribution in [1.82, 2.24) is 0 Å². The molecule has 5 atom stereocenters. The molecule has 0 aromatic rings.